The number of rotatable bonds is 4. The van der Waals surface area contributed by atoms with Crippen LogP contribution >= 0.6 is 12.0 Å². The molecule has 0 aliphatic rings. The maximum Gasteiger partial charge on any atom is 0.308 e. The Morgan fingerprint density at radius 1 is 1.11 bits per heavy atom. The molecule has 6 heteroatoms. The summed E-state index contributed by atoms with van der Waals surface area (Å²) in [4.78, 5) is 4.10. The first-order valence-electron chi connectivity index (χ1n) is 5.17. The van der Waals surface area contributed by atoms with Crippen LogP contribution in [0.2, 0.25) is 0 Å². The van der Waals surface area contributed by atoms with Crippen LogP contribution < -0.4 is 0 Å². The lowest BCUT2D eigenvalue weighted by atomic mass is 10.2. The van der Waals surface area contributed by atoms with Gasteiger partial charge in [-0.2, -0.15) is 12.0 Å². The number of nitrogens with zero attached hydrogens (tertiary/aromatic N) is 1. The first-order chi connectivity index (χ1) is 8.58. The van der Waals surface area contributed by atoms with Crippen molar-refractivity contribution in [1.82, 2.24) is 4.98 Å². The average molecular weight is 281 g/mol. The summed E-state index contributed by atoms with van der Waals surface area (Å²) in [6.45, 7) is 1.89. The Balaban J connectivity index is 2.11. The summed E-state index contributed by atoms with van der Waals surface area (Å²) >= 11 is 0.727. The zero-order valence-corrected chi connectivity index (χ0v) is 11.2. The highest BCUT2D eigenvalue weighted by Gasteiger charge is 2.16. The molecule has 0 radical (unpaired) electrons. The second-order valence-corrected chi connectivity index (χ2v) is 6.10. The highest BCUT2D eigenvalue weighted by molar-refractivity contribution is 8.04. The predicted molar refractivity (Wildman–Crippen MR) is 69.5 cm³/mol. The maximum absolute atomic E-state index is 11.8. The molecular formula is C12H11NO3S2. The molecule has 0 bridgehead atoms. The van der Waals surface area contributed by atoms with Crippen LogP contribution in [0.3, 0.4) is 0 Å². The van der Waals surface area contributed by atoms with E-state index in [0.717, 1.165) is 17.6 Å². The molecule has 18 heavy (non-hydrogen) atoms. The number of hydrogen-bond donors (Lipinski definition) is 0. The molecule has 0 amide bonds. The molecule has 1 heterocycles. The molecule has 0 aliphatic heterocycles. The van der Waals surface area contributed by atoms with Gasteiger partial charge in [0.05, 0.1) is 16.9 Å². The standard InChI is InChI=1S/C12H11NO3S2/c1-10-5-7-11(8-6-10)18(14,15)16-17-12-4-2-3-9-13-12/h2-9H,1H3. The molecule has 94 valence electrons. The first kappa shape index (κ1) is 13.1. The molecule has 0 N–H and O–H groups in total. The van der Waals surface area contributed by atoms with Crippen LogP contribution in [0, 0.1) is 6.92 Å². The molecule has 0 saturated heterocycles. The second kappa shape index (κ2) is 5.51. The zero-order valence-electron chi connectivity index (χ0n) is 9.61. The molecule has 0 saturated carbocycles. The van der Waals surface area contributed by atoms with Crippen LogP contribution in [0.4, 0.5) is 0 Å². The van der Waals surface area contributed by atoms with Gasteiger partial charge in [-0.15, -0.1) is 0 Å². The molecule has 0 unspecified atom stereocenters. The summed E-state index contributed by atoms with van der Waals surface area (Å²) in [5.74, 6) is 0. The van der Waals surface area contributed by atoms with Crippen LogP contribution in [0.15, 0.2) is 58.6 Å². The van der Waals surface area contributed by atoms with E-state index in [1.165, 1.54) is 12.1 Å². The number of hydrogen-bond acceptors (Lipinski definition) is 5. The normalized spacial score (nSPS) is 11.4. The van der Waals surface area contributed by atoms with Crippen molar-refractivity contribution in [3.05, 3.63) is 54.2 Å². The summed E-state index contributed by atoms with van der Waals surface area (Å²) < 4.78 is 28.6. The molecular weight excluding hydrogens is 270 g/mol. The van der Waals surface area contributed by atoms with E-state index in [0.29, 0.717) is 5.03 Å². The van der Waals surface area contributed by atoms with Crippen molar-refractivity contribution in [2.24, 2.45) is 0 Å². The Hall–Kier alpha value is -1.37. The topological polar surface area (TPSA) is 56.3 Å². The largest absolute Gasteiger partial charge is 0.308 e. The zero-order chi connectivity index (χ0) is 13.0. The molecule has 0 fully saturated rings. The second-order valence-electron chi connectivity index (χ2n) is 3.59. The number of pyridine rings is 1. The third kappa shape index (κ3) is 3.32. The number of aryl methyl sites for hydroxylation is 1. The quantitative estimate of drug-likeness (QED) is 0.807. The van der Waals surface area contributed by atoms with E-state index in [2.05, 4.69) is 4.98 Å². The molecule has 2 rings (SSSR count). The lowest BCUT2D eigenvalue weighted by Gasteiger charge is -2.03. The van der Waals surface area contributed by atoms with Crippen LogP contribution in [0.25, 0.3) is 0 Å². The molecule has 0 aliphatic carbocycles. The van der Waals surface area contributed by atoms with Gasteiger partial charge in [0.15, 0.2) is 0 Å². The van der Waals surface area contributed by atoms with Gasteiger partial charge in [0.25, 0.3) is 0 Å². The van der Waals surface area contributed by atoms with Gasteiger partial charge in [-0.05, 0) is 31.2 Å². The summed E-state index contributed by atoms with van der Waals surface area (Å²) in [5, 5.41) is 0.494. The van der Waals surface area contributed by atoms with Gasteiger partial charge in [0, 0.05) is 6.20 Å². The Labute approximate surface area is 110 Å². The highest BCUT2D eigenvalue weighted by atomic mass is 32.3. The van der Waals surface area contributed by atoms with E-state index in [9.17, 15) is 8.42 Å². The Morgan fingerprint density at radius 2 is 1.83 bits per heavy atom. The molecule has 0 atom stereocenters. The smallest absolute Gasteiger partial charge is 0.248 e. The lowest BCUT2D eigenvalue weighted by molar-refractivity contribution is 0.517. The van der Waals surface area contributed by atoms with Gasteiger partial charge >= 0.3 is 10.1 Å². The van der Waals surface area contributed by atoms with E-state index < -0.39 is 10.1 Å². The van der Waals surface area contributed by atoms with Gasteiger partial charge in [-0.1, -0.05) is 23.8 Å². The summed E-state index contributed by atoms with van der Waals surface area (Å²) in [5.41, 5.74) is 0.992. The van der Waals surface area contributed by atoms with E-state index in [1.807, 2.05) is 6.92 Å². The fourth-order valence-corrected chi connectivity index (χ4v) is 2.88. The fourth-order valence-electron chi connectivity index (χ4n) is 1.22. The summed E-state index contributed by atoms with van der Waals surface area (Å²) in [6.07, 6.45) is 1.57. The van der Waals surface area contributed by atoms with Crippen molar-refractivity contribution in [1.29, 1.82) is 0 Å². The molecule has 1 aromatic carbocycles. The molecule has 4 nitrogen and oxygen atoms in total. The van der Waals surface area contributed by atoms with E-state index in [1.54, 1.807) is 36.5 Å². The molecule has 0 spiro atoms. The minimum absolute atomic E-state index is 0.136. The summed E-state index contributed by atoms with van der Waals surface area (Å²) in [6, 6.07) is 11.7. The third-order valence-corrected chi connectivity index (χ3v) is 4.41. The van der Waals surface area contributed by atoms with E-state index >= 15 is 0 Å². The van der Waals surface area contributed by atoms with Gasteiger partial charge in [-0.3, -0.25) is 0 Å². The minimum Gasteiger partial charge on any atom is -0.248 e. The highest BCUT2D eigenvalue weighted by Crippen LogP contribution is 2.23. The van der Waals surface area contributed by atoms with Gasteiger partial charge in [0.2, 0.25) is 0 Å². The first-order valence-corrected chi connectivity index (χ1v) is 7.32. The van der Waals surface area contributed by atoms with E-state index in [4.69, 9.17) is 3.63 Å². The SMILES string of the molecule is Cc1ccc(S(=O)(=O)OSc2ccccn2)cc1. The average Bonchev–Trinajstić information content (AvgIpc) is 2.38. The number of benzene rings is 1. The Morgan fingerprint density at radius 3 is 2.44 bits per heavy atom. The van der Waals surface area contributed by atoms with Gasteiger partial charge < -0.3 is 0 Å². The van der Waals surface area contributed by atoms with Gasteiger partial charge in [-0.25, -0.2) is 4.98 Å². The molecule has 1 aromatic heterocycles. The van der Waals surface area contributed by atoms with Crippen molar-refractivity contribution in [3.63, 3.8) is 0 Å². The van der Waals surface area contributed by atoms with Crippen molar-refractivity contribution in [3.8, 4) is 0 Å². The van der Waals surface area contributed by atoms with Crippen LogP contribution in [0.1, 0.15) is 5.56 Å². The predicted octanol–water partition coefficient (Wildman–Crippen LogP) is 2.80. The van der Waals surface area contributed by atoms with Crippen LogP contribution in [-0.4, -0.2) is 13.4 Å². The Bertz CT molecular complexity index is 610. The molecule has 2 aromatic rings. The maximum atomic E-state index is 11.8. The number of aromatic nitrogens is 1. The van der Waals surface area contributed by atoms with Crippen LogP contribution in [0.5, 0.6) is 0 Å². The van der Waals surface area contributed by atoms with Crippen molar-refractivity contribution >= 4 is 22.2 Å². The Kier molecular flexibility index (Phi) is 4.00. The van der Waals surface area contributed by atoms with Crippen molar-refractivity contribution < 1.29 is 12.0 Å². The van der Waals surface area contributed by atoms with Crippen molar-refractivity contribution in [2.75, 3.05) is 0 Å². The third-order valence-electron chi connectivity index (χ3n) is 2.16. The minimum atomic E-state index is -3.75. The van der Waals surface area contributed by atoms with Crippen molar-refractivity contribution in [2.45, 2.75) is 16.8 Å². The lowest BCUT2D eigenvalue weighted by Crippen LogP contribution is -2.01. The van der Waals surface area contributed by atoms with Gasteiger partial charge in [0.1, 0.15) is 5.03 Å². The summed E-state index contributed by atoms with van der Waals surface area (Å²) in [7, 11) is -3.75. The van der Waals surface area contributed by atoms with Crippen LogP contribution in [-0.2, 0) is 13.7 Å². The fraction of sp³-hybridized carbons (Fsp3) is 0.0833. The monoisotopic (exact) mass is 281 g/mol. The van der Waals surface area contributed by atoms with E-state index in [-0.39, 0.29) is 4.90 Å².